The van der Waals surface area contributed by atoms with Crippen molar-refractivity contribution in [1.29, 1.82) is 0 Å². The van der Waals surface area contributed by atoms with Crippen LogP contribution in [0.4, 0.5) is 0 Å². The molecule has 0 radical (unpaired) electrons. The number of guanidine groups is 1. The Labute approximate surface area is 178 Å². The fraction of sp³-hybridized carbons (Fsp3) is 0.714. The van der Waals surface area contributed by atoms with Crippen LogP contribution in [0.3, 0.4) is 0 Å². The smallest absolute Gasteiger partial charge is 0.193 e. The summed E-state index contributed by atoms with van der Waals surface area (Å²) >= 11 is 0. The first-order valence-corrected chi connectivity index (χ1v) is 11.2. The molecule has 0 aromatic carbocycles. The van der Waals surface area contributed by atoms with Gasteiger partial charge in [0.2, 0.25) is 0 Å². The number of nitrogens with zero attached hydrogens (tertiary/aromatic N) is 7. The Hall–Kier alpha value is -2.42. The van der Waals surface area contributed by atoms with Crippen LogP contribution in [-0.4, -0.2) is 75.5 Å². The Morgan fingerprint density at radius 2 is 2.00 bits per heavy atom. The third-order valence-electron chi connectivity index (χ3n) is 5.99. The molecule has 30 heavy (non-hydrogen) atoms. The van der Waals surface area contributed by atoms with E-state index in [9.17, 15) is 0 Å². The maximum Gasteiger partial charge on any atom is 0.193 e. The molecular weight excluding hydrogens is 380 g/mol. The topological polar surface area (TPSA) is 87.6 Å². The lowest BCUT2D eigenvalue weighted by Crippen LogP contribution is -2.52. The van der Waals surface area contributed by atoms with Crippen molar-refractivity contribution >= 4 is 5.96 Å². The summed E-state index contributed by atoms with van der Waals surface area (Å²) in [6, 6.07) is 2.02. The predicted molar refractivity (Wildman–Crippen MR) is 115 cm³/mol. The van der Waals surface area contributed by atoms with Gasteiger partial charge in [0.15, 0.2) is 5.96 Å². The number of rotatable bonds is 6. The minimum Gasteiger partial charge on any atom is -0.361 e. The molecule has 0 amide bonds. The highest BCUT2D eigenvalue weighted by Crippen LogP contribution is 2.15. The Morgan fingerprint density at radius 1 is 1.13 bits per heavy atom. The third kappa shape index (κ3) is 5.19. The molecule has 0 bridgehead atoms. The summed E-state index contributed by atoms with van der Waals surface area (Å²) in [5.41, 5.74) is 1.01. The largest absolute Gasteiger partial charge is 0.361 e. The minimum atomic E-state index is 0.847. The van der Waals surface area contributed by atoms with Crippen LogP contribution in [0.5, 0.6) is 0 Å². The summed E-state index contributed by atoms with van der Waals surface area (Å²) < 4.78 is 7.52. The summed E-state index contributed by atoms with van der Waals surface area (Å²) in [5.74, 6) is 4.17. The standard InChI is InChI=1S/C21H34N8O/c1-17-15-18(26-30-17)16-27-11-13-28(14-12-27)21(22-2)23-9-6-8-20-25-24-19-7-4-3-5-10-29(19)20/h15H,3-14,16H2,1-2H3,(H,22,23). The molecule has 4 rings (SSSR count). The van der Waals surface area contributed by atoms with Gasteiger partial charge in [-0.15, -0.1) is 10.2 Å². The van der Waals surface area contributed by atoms with Crippen LogP contribution in [0, 0.1) is 6.92 Å². The first-order valence-electron chi connectivity index (χ1n) is 11.2. The summed E-state index contributed by atoms with van der Waals surface area (Å²) in [4.78, 5) is 9.25. The molecule has 9 nitrogen and oxygen atoms in total. The van der Waals surface area contributed by atoms with Crippen molar-refractivity contribution in [2.24, 2.45) is 4.99 Å². The molecule has 2 aliphatic rings. The molecular formula is C21H34N8O. The van der Waals surface area contributed by atoms with Crippen LogP contribution in [-0.2, 0) is 25.9 Å². The lowest BCUT2D eigenvalue weighted by atomic mass is 10.2. The molecule has 2 aromatic heterocycles. The quantitative estimate of drug-likeness (QED) is 0.437. The number of nitrogens with one attached hydrogen (secondary N) is 1. The van der Waals surface area contributed by atoms with E-state index in [0.29, 0.717) is 0 Å². The number of fused-ring (bicyclic) bond motifs is 1. The van der Waals surface area contributed by atoms with E-state index in [-0.39, 0.29) is 0 Å². The third-order valence-corrected chi connectivity index (χ3v) is 5.99. The Bertz CT molecular complexity index is 834. The molecule has 4 heterocycles. The maximum absolute atomic E-state index is 5.18. The molecule has 0 spiro atoms. The number of hydrogen-bond acceptors (Lipinski definition) is 6. The molecule has 0 atom stereocenters. The van der Waals surface area contributed by atoms with E-state index in [4.69, 9.17) is 4.52 Å². The van der Waals surface area contributed by atoms with E-state index in [2.05, 4.69) is 40.0 Å². The summed E-state index contributed by atoms with van der Waals surface area (Å²) in [7, 11) is 1.87. The summed E-state index contributed by atoms with van der Waals surface area (Å²) in [6.07, 6.45) is 6.84. The molecule has 164 valence electrons. The second kappa shape index (κ2) is 10.1. The first kappa shape index (κ1) is 20.8. The van der Waals surface area contributed by atoms with Gasteiger partial charge in [-0.05, 0) is 26.2 Å². The van der Waals surface area contributed by atoms with Crippen LogP contribution in [0.15, 0.2) is 15.6 Å². The summed E-state index contributed by atoms with van der Waals surface area (Å²) in [5, 5.41) is 16.5. The van der Waals surface area contributed by atoms with Gasteiger partial charge in [-0.25, -0.2) is 0 Å². The molecule has 1 saturated heterocycles. The number of piperazine rings is 1. The molecule has 2 aliphatic heterocycles. The lowest BCUT2D eigenvalue weighted by molar-refractivity contribution is 0.169. The molecule has 9 heteroatoms. The molecule has 1 fully saturated rings. The molecule has 0 aliphatic carbocycles. The number of aromatic nitrogens is 4. The van der Waals surface area contributed by atoms with Crippen LogP contribution in [0.25, 0.3) is 0 Å². The fourth-order valence-electron chi connectivity index (χ4n) is 4.35. The second-order valence-corrected chi connectivity index (χ2v) is 8.26. The second-order valence-electron chi connectivity index (χ2n) is 8.26. The fourth-order valence-corrected chi connectivity index (χ4v) is 4.35. The van der Waals surface area contributed by atoms with Crippen molar-refractivity contribution in [3.05, 3.63) is 29.2 Å². The van der Waals surface area contributed by atoms with E-state index in [1.165, 1.54) is 25.1 Å². The van der Waals surface area contributed by atoms with E-state index in [1.807, 2.05) is 20.0 Å². The molecule has 0 saturated carbocycles. The van der Waals surface area contributed by atoms with Crippen molar-refractivity contribution < 1.29 is 4.52 Å². The van der Waals surface area contributed by atoms with Crippen molar-refractivity contribution in [3.63, 3.8) is 0 Å². The predicted octanol–water partition coefficient (Wildman–Crippen LogP) is 1.63. The van der Waals surface area contributed by atoms with Gasteiger partial charge >= 0.3 is 0 Å². The molecule has 2 aromatic rings. The highest BCUT2D eigenvalue weighted by Gasteiger charge is 2.20. The van der Waals surface area contributed by atoms with Crippen LogP contribution in [0.2, 0.25) is 0 Å². The average molecular weight is 415 g/mol. The number of aryl methyl sites for hydroxylation is 3. The number of hydrogen-bond donors (Lipinski definition) is 1. The van der Waals surface area contributed by atoms with Gasteiger partial charge in [-0.1, -0.05) is 11.6 Å². The normalized spacial score (nSPS) is 18.3. The highest BCUT2D eigenvalue weighted by atomic mass is 16.5. The van der Waals surface area contributed by atoms with Gasteiger partial charge in [0.05, 0.1) is 5.69 Å². The Kier molecular flexibility index (Phi) is 6.99. The van der Waals surface area contributed by atoms with Crippen molar-refractivity contribution in [1.82, 2.24) is 35.0 Å². The van der Waals surface area contributed by atoms with Crippen LogP contribution >= 0.6 is 0 Å². The Balaban J connectivity index is 1.19. The monoisotopic (exact) mass is 414 g/mol. The van der Waals surface area contributed by atoms with Gasteiger partial charge in [0.1, 0.15) is 17.4 Å². The minimum absolute atomic E-state index is 0.847. The van der Waals surface area contributed by atoms with Gasteiger partial charge in [-0.3, -0.25) is 9.89 Å². The average Bonchev–Trinajstić information content (AvgIpc) is 3.26. The van der Waals surface area contributed by atoms with Crippen LogP contribution < -0.4 is 5.32 Å². The first-order chi connectivity index (χ1) is 14.7. The van der Waals surface area contributed by atoms with E-state index in [0.717, 1.165) is 88.3 Å². The lowest BCUT2D eigenvalue weighted by Gasteiger charge is -2.36. The number of aliphatic imine (C=N–C) groups is 1. The maximum atomic E-state index is 5.18. The van der Waals surface area contributed by atoms with Gasteiger partial charge in [-0.2, -0.15) is 0 Å². The van der Waals surface area contributed by atoms with Crippen LogP contribution in [0.1, 0.15) is 48.8 Å². The van der Waals surface area contributed by atoms with E-state index in [1.54, 1.807) is 0 Å². The zero-order valence-corrected chi connectivity index (χ0v) is 18.3. The highest BCUT2D eigenvalue weighted by molar-refractivity contribution is 5.79. The zero-order valence-electron chi connectivity index (χ0n) is 18.3. The zero-order chi connectivity index (χ0) is 20.8. The van der Waals surface area contributed by atoms with E-state index >= 15 is 0 Å². The molecule has 1 N–H and O–H groups in total. The van der Waals surface area contributed by atoms with Gasteiger partial charge < -0.3 is 19.3 Å². The van der Waals surface area contributed by atoms with Crippen molar-refractivity contribution in [2.45, 2.75) is 58.5 Å². The van der Waals surface area contributed by atoms with Gasteiger partial charge in [0, 0.05) is 71.8 Å². The van der Waals surface area contributed by atoms with Gasteiger partial charge in [0.25, 0.3) is 0 Å². The SMILES string of the molecule is CN=C(NCCCc1nnc2n1CCCCC2)N1CCN(Cc2cc(C)on2)CC1. The summed E-state index contributed by atoms with van der Waals surface area (Å²) in [6.45, 7) is 8.68. The molecule has 0 unspecified atom stereocenters. The van der Waals surface area contributed by atoms with Crippen molar-refractivity contribution in [2.75, 3.05) is 39.8 Å². The van der Waals surface area contributed by atoms with E-state index < -0.39 is 0 Å². The van der Waals surface area contributed by atoms with Crippen molar-refractivity contribution in [3.8, 4) is 0 Å². The Morgan fingerprint density at radius 3 is 2.77 bits per heavy atom.